The van der Waals surface area contributed by atoms with E-state index in [9.17, 15) is 0 Å². The molecule has 20 heavy (non-hydrogen) atoms. The lowest BCUT2D eigenvalue weighted by molar-refractivity contribution is 0.0370. The van der Waals surface area contributed by atoms with Gasteiger partial charge in [-0.2, -0.15) is 0 Å². The van der Waals surface area contributed by atoms with Crippen molar-refractivity contribution in [3.8, 4) is 0 Å². The van der Waals surface area contributed by atoms with Gasteiger partial charge in [0.1, 0.15) is 0 Å². The number of benzene rings is 1. The Morgan fingerprint density at radius 2 is 2.00 bits per heavy atom. The average Bonchev–Trinajstić information content (AvgIpc) is 2.36. The first-order valence-corrected chi connectivity index (χ1v) is 8.36. The molecule has 1 N–H and O–H groups in total. The van der Waals surface area contributed by atoms with Crippen molar-refractivity contribution < 1.29 is 0 Å². The van der Waals surface area contributed by atoms with Crippen LogP contribution < -0.4 is 5.32 Å². The molecular formula is C17H27BrN2. The molecule has 0 aliphatic carbocycles. The topological polar surface area (TPSA) is 15.3 Å². The van der Waals surface area contributed by atoms with Crippen LogP contribution in [-0.4, -0.2) is 29.6 Å². The van der Waals surface area contributed by atoms with E-state index < -0.39 is 0 Å². The van der Waals surface area contributed by atoms with E-state index in [0.717, 1.165) is 17.6 Å². The van der Waals surface area contributed by atoms with E-state index in [-0.39, 0.29) is 5.54 Å². The fraction of sp³-hybridized carbons (Fsp3) is 0.647. The van der Waals surface area contributed by atoms with Crippen molar-refractivity contribution in [3.63, 3.8) is 0 Å². The van der Waals surface area contributed by atoms with E-state index in [1.165, 1.54) is 5.56 Å². The fourth-order valence-electron chi connectivity index (χ4n) is 3.13. The Labute approximate surface area is 132 Å². The predicted molar refractivity (Wildman–Crippen MR) is 90.0 cm³/mol. The van der Waals surface area contributed by atoms with Crippen LogP contribution in [0, 0.1) is 5.92 Å². The minimum absolute atomic E-state index is 0.186. The molecule has 0 amide bonds. The number of nitrogens with one attached hydrogen (secondary N) is 1. The monoisotopic (exact) mass is 338 g/mol. The standard InChI is InChI=1S/C17H27BrN2/c1-12(2)16-10-19-17(4,5)11-20(16)13(3)14-7-6-8-15(18)9-14/h6-9,12-13,16,19H,10-11H2,1-5H3. The average molecular weight is 339 g/mol. The van der Waals surface area contributed by atoms with Crippen molar-refractivity contribution in [3.05, 3.63) is 34.3 Å². The van der Waals surface area contributed by atoms with Crippen LogP contribution in [0.1, 0.15) is 46.2 Å². The number of piperazine rings is 1. The third kappa shape index (κ3) is 3.63. The maximum Gasteiger partial charge on any atom is 0.0324 e. The summed E-state index contributed by atoms with van der Waals surface area (Å²) in [5.41, 5.74) is 1.58. The molecule has 2 unspecified atom stereocenters. The summed E-state index contributed by atoms with van der Waals surface area (Å²) in [4.78, 5) is 2.67. The Hall–Kier alpha value is -0.380. The number of hydrogen-bond donors (Lipinski definition) is 1. The van der Waals surface area contributed by atoms with E-state index in [1.54, 1.807) is 0 Å². The van der Waals surface area contributed by atoms with Crippen LogP contribution in [-0.2, 0) is 0 Å². The van der Waals surface area contributed by atoms with Crippen molar-refractivity contribution in [2.24, 2.45) is 5.92 Å². The molecule has 2 rings (SSSR count). The van der Waals surface area contributed by atoms with Crippen molar-refractivity contribution in [1.29, 1.82) is 0 Å². The fourth-order valence-corrected chi connectivity index (χ4v) is 3.55. The van der Waals surface area contributed by atoms with Gasteiger partial charge in [-0.1, -0.05) is 41.9 Å². The van der Waals surface area contributed by atoms with Gasteiger partial charge in [-0.25, -0.2) is 0 Å². The van der Waals surface area contributed by atoms with Crippen LogP contribution >= 0.6 is 15.9 Å². The summed E-state index contributed by atoms with van der Waals surface area (Å²) in [5, 5.41) is 3.69. The summed E-state index contributed by atoms with van der Waals surface area (Å²) in [6, 6.07) is 9.75. The van der Waals surface area contributed by atoms with E-state index >= 15 is 0 Å². The summed E-state index contributed by atoms with van der Waals surface area (Å²) < 4.78 is 1.16. The molecule has 0 saturated carbocycles. The van der Waals surface area contributed by atoms with E-state index in [0.29, 0.717) is 18.0 Å². The Morgan fingerprint density at radius 1 is 1.30 bits per heavy atom. The Kier molecular flexibility index (Phi) is 4.93. The van der Waals surface area contributed by atoms with Gasteiger partial charge >= 0.3 is 0 Å². The van der Waals surface area contributed by atoms with Gasteiger partial charge in [0, 0.05) is 35.2 Å². The van der Waals surface area contributed by atoms with Crippen LogP contribution in [0.15, 0.2) is 28.7 Å². The molecular weight excluding hydrogens is 312 g/mol. The van der Waals surface area contributed by atoms with Crippen molar-refractivity contribution in [2.75, 3.05) is 13.1 Å². The molecule has 112 valence electrons. The molecule has 1 aliphatic rings. The molecule has 1 fully saturated rings. The van der Waals surface area contributed by atoms with Gasteiger partial charge in [-0.05, 0) is 44.4 Å². The van der Waals surface area contributed by atoms with Crippen LogP contribution in [0.25, 0.3) is 0 Å². The second kappa shape index (κ2) is 6.17. The molecule has 1 aliphatic heterocycles. The Bertz CT molecular complexity index is 456. The maximum atomic E-state index is 3.69. The zero-order valence-electron chi connectivity index (χ0n) is 13.3. The summed E-state index contributed by atoms with van der Waals surface area (Å²) >= 11 is 3.59. The minimum Gasteiger partial charge on any atom is -0.309 e. The quantitative estimate of drug-likeness (QED) is 0.887. The third-order valence-electron chi connectivity index (χ3n) is 4.39. The van der Waals surface area contributed by atoms with Gasteiger partial charge in [0.15, 0.2) is 0 Å². The molecule has 0 aromatic heterocycles. The zero-order valence-corrected chi connectivity index (χ0v) is 14.9. The van der Waals surface area contributed by atoms with Gasteiger partial charge < -0.3 is 5.32 Å². The molecule has 0 radical (unpaired) electrons. The zero-order chi connectivity index (χ0) is 14.9. The molecule has 1 saturated heterocycles. The summed E-state index contributed by atoms with van der Waals surface area (Å²) in [5.74, 6) is 0.660. The first kappa shape index (κ1) is 16.0. The summed E-state index contributed by atoms with van der Waals surface area (Å²) in [7, 11) is 0. The number of rotatable bonds is 3. The number of hydrogen-bond acceptors (Lipinski definition) is 2. The third-order valence-corrected chi connectivity index (χ3v) is 4.88. The SMILES string of the molecule is CC(C)C1CNC(C)(C)CN1C(C)c1cccc(Br)c1. The van der Waals surface area contributed by atoms with Crippen molar-refractivity contribution in [2.45, 2.75) is 52.2 Å². The lowest BCUT2D eigenvalue weighted by atomic mass is 9.90. The van der Waals surface area contributed by atoms with Crippen molar-refractivity contribution in [1.82, 2.24) is 10.2 Å². The van der Waals surface area contributed by atoms with E-state index in [1.807, 2.05) is 0 Å². The molecule has 0 spiro atoms. The number of nitrogens with zero attached hydrogens (tertiary/aromatic N) is 1. The van der Waals surface area contributed by atoms with Gasteiger partial charge in [0.05, 0.1) is 0 Å². The second-order valence-electron chi connectivity index (χ2n) is 6.98. The smallest absolute Gasteiger partial charge is 0.0324 e. The number of halogens is 1. The molecule has 1 aromatic rings. The highest BCUT2D eigenvalue weighted by molar-refractivity contribution is 9.10. The van der Waals surface area contributed by atoms with Gasteiger partial charge in [-0.3, -0.25) is 4.90 Å². The molecule has 1 aromatic carbocycles. The first-order chi connectivity index (χ1) is 9.30. The highest BCUT2D eigenvalue weighted by Gasteiger charge is 2.36. The minimum atomic E-state index is 0.186. The Morgan fingerprint density at radius 3 is 2.60 bits per heavy atom. The van der Waals surface area contributed by atoms with Crippen LogP contribution in [0.5, 0.6) is 0 Å². The predicted octanol–water partition coefficient (Wildman–Crippen LogP) is 4.22. The second-order valence-corrected chi connectivity index (χ2v) is 7.90. The molecule has 1 heterocycles. The van der Waals surface area contributed by atoms with E-state index in [2.05, 4.69) is 85.0 Å². The Balaban J connectivity index is 2.25. The van der Waals surface area contributed by atoms with Crippen LogP contribution in [0.4, 0.5) is 0 Å². The lowest BCUT2D eigenvalue weighted by Crippen LogP contribution is -2.63. The largest absolute Gasteiger partial charge is 0.309 e. The van der Waals surface area contributed by atoms with Crippen LogP contribution in [0.3, 0.4) is 0 Å². The van der Waals surface area contributed by atoms with Gasteiger partial charge in [0.25, 0.3) is 0 Å². The molecule has 2 nitrogen and oxygen atoms in total. The maximum absolute atomic E-state index is 3.69. The summed E-state index contributed by atoms with van der Waals surface area (Å²) in [6.45, 7) is 13.7. The first-order valence-electron chi connectivity index (χ1n) is 7.56. The van der Waals surface area contributed by atoms with E-state index in [4.69, 9.17) is 0 Å². The lowest BCUT2D eigenvalue weighted by Gasteiger charge is -2.49. The molecule has 3 heteroatoms. The van der Waals surface area contributed by atoms with Gasteiger partial charge in [0.2, 0.25) is 0 Å². The van der Waals surface area contributed by atoms with Crippen LogP contribution in [0.2, 0.25) is 0 Å². The summed E-state index contributed by atoms with van der Waals surface area (Å²) in [6.07, 6.45) is 0. The molecule has 2 atom stereocenters. The van der Waals surface area contributed by atoms with Gasteiger partial charge in [-0.15, -0.1) is 0 Å². The highest BCUT2D eigenvalue weighted by Crippen LogP contribution is 2.31. The molecule has 0 bridgehead atoms. The highest BCUT2D eigenvalue weighted by atomic mass is 79.9. The normalized spacial score (nSPS) is 24.9. The van der Waals surface area contributed by atoms with Crippen molar-refractivity contribution >= 4 is 15.9 Å².